The summed E-state index contributed by atoms with van der Waals surface area (Å²) in [6.07, 6.45) is 0. The van der Waals surface area contributed by atoms with E-state index in [1.165, 1.54) is 0 Å². The normalized spacial score (nSPS) is 12.3. The summed E-state index contributed by atoms with van der Waals surface area (Å²) in [5.41, 5.74) is 1.22. The minimum Gasteiger partial charge on any atom is -0.361 e. The second-order valence-corrected chi connectivity index (χ2v) is 7.01. The zero-order valence-corrected chi connectivity index (χ0v) is 12.8. The molecule has 0 radical (unpaired) electrons. The highest BCUT2D eigenvalue weighted by molar-refractivity contribution is 7.22. The van der Waals surface area contributed by atoms with E-state index in [9.17, 15) is 0 Å². The van der Waals surface area contributed by atoms with Gasteiger partial charge in [0.15, 0.2) is 5.13 Å². The van der Waals surface area contributed by atoms with Crippen molar-refractivity contribution in [1.82, 2.24) is 4.98 Å². The van der Waals surface area contributed by atoms with Crippen LogP contribution in [0, 0.1) is 11.3 Å². The van der Waals surface area contributed by atoms with Crippen molar-refractivity contribution in [3.63, 3.8) is 0 Å². The lowest BCUT2D eigenvalue weighted by molar-refractivity contribution is 0.269. The van der Waals surface area contributed by atoms with Crippen molar-refractivity contribution in [3.05, 3.63) is 23.2 Å². The summed E-state index contributed by atoms with van der Waals surface area (Å²) in [5.74, 6) is 0.628. The molecule has 2 nitrogen and oxygen atoms in total. The second-order valence-electron chi connectivity index (χ2n) is 5.60. The largest absolute Gasteiger partial charge is 0.361 e. The molecule has 2 rings (SSSR count). The van der Waals surface area contributed by atoms with Crippen LogP contribution in [0.5, 0.6) is 0 Å². The highest BCUT2D eigenvalue weighted by atomic mass is 35.5. The van der Waals surface area contributed by atoms with Crippen molar-refractivity contribution in [2.75, 3.05) is 11.9 Å². The molecule has 0 amide bonds. The third-order valence-electron chi connectivity index (χ3n) is 3.63. The van der Waals surface area contributed by atoms with Crippen molar-refractivity contribution >= 4 is 38.3 Å². The first kappa shape index (κ1) is 13.6. The topological polar surface area (TPSA) is 24.9 Å². The second kappa shape index (κ2) is 5.06. The summed E-state index contributed by atoms with van der Waals surface area (Å²) >= 11 is 7.78. The molecule has 0 spiro atoms. The highest BCUT2D eigenvalue weighted by Crippen LogP contribution is 2.33. The van der Waals surface area contributed by atoms with Crippen molar-refractivity contribution in [3.8, 4) is 0 Å². The number of hydrogen-bond donors (Lipinski definition) is 1. The summed E-state index contributed by atoms with van der Waals surface area (Å²) in [6, 6.07) is 5.84. The van der Waals surface area contributed by atoms with Gasteiger partial charge in [0.2, 0.25) is 0 Å². The number of rotatable bonds is 4. The zero-order chi connectivity index (χ0) is 13.3. The first-order chi connectivity index (χ1) is 8.40. The molecule has 98 valence electrons. The highest BCUT2D eigenvalue weighted by Gasteiger charge is 2.22. The van der Waals surface area contributed by atoms with E-state index in [1.807, 2.05) is 18.2 Å². The molecule has 0 aliphatic rings. The summed E-state index contributed by atoms with van der Waals surface area (Å²) < 4.78 is 1.06. The van der Waals surface area contributed by atoms with E-state index >= 15 is 0 Å². The zero-order valence-electron chi connectivity index (χ0n) is 11.2. The Morgan fingerprint density at radius 3 is 2.72 bits per heavy atom. The lowest BCUT2D eigenvalue weighted by atomic mass is 9.81. The summed E-state index contributed by atoms with van der Waals surface area (Å²) in [5, 5.41) is 5.16. The van der Waals surface area contributed by atoms with Crippen LogP contribution < -0.4 is 5.32 Å². The van der Waals surface area contributed by atoms with Gasteiger partial charge in [-0.25, -0.2) is 4.98 Å². The average molecular weight is 283 g/mol. The van der Waals surface area contributed by atoms with E-state index in [4.69, 9.17) is 11.6 Å². The molecular formula is C14H19ClN2S. The molecule has 0 saturated carbocycles. The minimum atomic E-state index is 0.252. The SMILES string of the molecule is CC(C)C(C)(C)CNc1nc2cccc(Cl)c2s1. The number of thiazole rings is 1. The van der Waals surface area contributed by atoms with Crippen molar-refractivity contribution in [2.24, 2.45) is 11.3 Å². The van der Waals surface area contributed by atoms with Gasteiger partial charge in [0.05, 0.1) is 15.2 Å². The van der Waals surface area contributed by atoms with Crippen LogP contribution in [0.2, 0.25) is 5.02 Å². The van der Waals surface area contributed by atoms with Crippen LogP contribution in [0.3, 0.4) is 0 Å². The van der Waals surface area contributed by atoms with Gasteiger partial charge in [-0.05, 0) is 23.5 Å². The van der Waals surface area contributed by atoms with Gasteiger partial charge in [0.1, 0.15) is 0 Å². The van der Waals surface area contributed by atoms with Crippen molar-refractivity contribution in [1.29, 1.82) is 0 Å². The van der Waals surface area contributed by atoms with Crippen LogP contribution in [0.1, 0.15) is 27.7 Å². The minimum absolute atomic E-state index is 0.252. The lowest BCUT2D eigenvalue weighted by Gasteiger charge is -2.29. The van der Waals surface area contributed by atoms with E-state index in [2.05, 4.69) is 38.0 Å². The molecule has 0 bridgehead atoms. The van der Waals surface area contributed by atoms with Crippen molar-refractivity contribution < 1.29 is 0 Å². The maximum Gasteiger partial charge on any atom is 0.183 e. The third kappa shape index (κ3) is 2.78. The van der Waals surface area contributed by atoms with Crippen LogP contribution in [0.25, 0.3) is 10.2 Å². The van der Waals surface area contributed by atoms with Crippen molar-refractivity contribution in [2.45, 2.75) is 27.7 Å². The van der Waals surface area contributed by atoms with Crippen LogP contribution >= 0.6 is 22.9 Å². The number of fused-ring (bicyclic) bond motifs is 1. The molecule has 2 aromatic rings. The predicted octanol–water partition coefficient (Wildman–Crippen LogP) is 5.04. The third-order valence-corrected chi connectivity index (χ3v) is 5.11. The van der Waals surface area contributed by atoms with Gasteiger partial charge in [-0.1, -0.05) is 56.7 Å². The molecule has 0 aliphatic heterocycles. The Morgan fingerprint density at radius 2 is 2.11 bits per heavy atom. The number of aromatic nitrogens is 1. The van der Waals surface area contributed by atoms with E-state index in [0.717, 1.165) is 26.9 Å². The van der Waals surface area contributed by atoms with Gasteiger partial charge in [-0.2, -0.15) is 0 Å². The lowest BCUT2D eigenvalue weighted by Crippen LogP contribution is -2.28. The summed E-state index contributed by atoms with van der Waals surface area (Å²) in [7, 11) is 0. The van der Waals surface area contributed by atoms with Crippen LogP contribution in [0.4, 0.5) is 5.13 Å². The Bertz CT molecular complexity index is 546. The van der Waals surface area contributed by atoms with E-state index in [1.54, 1.807) is 11.3 Å². The average Bonchev–Trinajstić information content (AvgIpc) is 2.71. The van der Waals surface area contributed by atoms with Crippen LogP contribution in [0.15, 0.2) is 18.2 Å². The standard InChI is InChI=1S/C14H19ClN2S/c1-9(2)14(3,4)8-16-13-17-11-7-5-6-10(15)12(11)18-13/h5-7,9H,8H2,1-4H3,(H,16,17). The Hall–Kier alpha value is -0.800. The fourth-order valence-corrected chi connectivity index (χ4v) is 2.65. The first-order valence-electron chi connectivity index (χ1n) is 6.19. The van der Waals surface area contributed by atoms with Gasteiger partial charge in [-0.3, -0.25) is 0 Å². The molecule has 0 aliphatic carbocycles. The van der Waals surface area contributed by atoms with Crippen LogP contribution in [-0.2, 0) is 0 Å². The van der Waals surface area contributed by atoms with Gasteiger partial charge in [0, 0.05) is 6.54 Å². The number of anilines is 1. The quantitative estimate of drug-likeness (QED) is 0.849. The summed E-state index contributed by atoms with van der Waals surface area (Å²) in [6.45, 7) is 9.95. The monoisotopic (exact) mass is 282 g/mol. The number of benzene rings is 1. The molecule has 0 fully saturated rings. The fraction of sp³-hybridized carbons (Fsp3) is 0.500. The van der Waals surface area contributed by atoms with Gasteiger partial charge in [0.25, 0.3) is 0 Å². The Labute approximate surface area is 117 Å². The van der Waals surface area contributed by atoms with Crippen LogP contribution in [-0.4, -0.2) is 11.5 Å². The maximum atomic E-state index is 6.15. The first-order valence-corrected chi connectivity index (χ1v) is 7.38. The van der Waals surface area contributed by atoms with Gasteiger partial charge in [-0.15, -0.1) is 0 Å². The summed E-state index contributed by atoms with van der Waals surface area (Å²) in [4.78, 5) is 4.56. The number of nitrogens with one attached hydrogen (secondary N) is 1. The maximum absolute atomic E-state index is 6.15. The predicted molar refractivity (Wildman–Crippen MR) is 81.7 cm³/mol. The molecule has 1 aromatic heterocycles. The molecule has 0 atom stereocenters. The molecule has 18 heavy (non-hydrogen) atoms. The number of halogens is 1. The number of nitrogens with zero attached hydrogens (tertiary/aromatic N) is 1. The van der Waals surface area contributed by atoms with E-state index < -0.39 is 0 Å². The van der Waals surface area contributed by atoms with E-state index in [0.29, 0.717) is 5.92 Å². The molecule has 4 heteroatoms. The molecule has 0 saturated heterocycles. The smallest absolute Gasteiger partial charge is 0.183 e. The Balaban J connectivity index is 2.16. The van der Waals surface area contributed by atoms with Gasteiger partial charge < -0.3 is 5.32 Å². The molecule has 0 unspecified atom stereocenters. The molecular weight excluding hydrogens is 264 g/mol. The number of hydrogen-bond acceptors (Lipinski definition) is 3. The Kier molecular flexibility index (Phi) is 3.83. The fourth-order valence-electron chi connectivity index (χ4n) is 1.50. The Morgan fingerprint density at radius 1 is 1.39 bits per heavy atom. The van der Waals surface area contributed by atoms with E-state index in [-0.39, 0.29) is 5.41 Å². The molecule has 1 N–H and O–H groups in total. The van der Waals surface area contributed by atoms with Gasteiger partial charge >= 0.3 is 0 Å². The molecule has 1 aromatic carbocycles. The molecule has 1 heterocycles.